The summed E-state index contributed by atoms with van der Waals surface area (Å²) in [6.07, 6.45) is 0.312. The molecule has 0 saturated carbocycles. The minimum absolute atomic E-state index is 0.0323. The van der Waals surface area contributed by atoms with Gasteiger partial charge < -0.3 is 15.5 Å². The Morgan fingerprint density at radius 2 is 1.78 bits per heavy atom. The quantitative estimate of drug-likeness (QED) is 0.846. The smallest absolute Gasteiger partial charge is 0.319 e. The van der Waals surface area contributed by atoms with Crippen molar-refractivity contribution < 1.29 is 9.59 Å². The van der Waals surface area contributed by atoms with E-state index in [1.807, 2.05) is 56.3 Å². The molecule has 5 nitrogen and oxygen atoms in total. The van der Waals surface area contributed by atoms with Gasteiger partial charge in [0.25, 0.3) is 0 Å². The average Bonchev–Trinajstić information content (AvgIpc) is 2.97. The lowest BCUT2D eigenvalue weighted by Crippen LogP contribution is -2.39. The van der Waals surface area contributed by atoms with Crippen molar-refractivity contribution in [2.45, 2.75) is 46.1 Å². The van der Waals surface area contributed by atoms with Crippen LogP contribution in [-0.4, -0.2) is 24.5 Å². The molecule has 0 unspecified atom stereocenters. The normalized spacial score (nSPS) is 16.7. The lowest BCUT2D eigenvalue weighted by molar-refractivity contribution is -0.117. The van der Waals surface area contributed by atoms with Crippen LogP contribution in [0.15, 0.2) is 42.5 Å². The molecule has 2 aromatic rings. The Labute approximate surface area is 160 Å². The molecule has 5 heteroatoms. The van der Waals surface area contributed by atoms with E-state index in [-0.39, 0.29) is 18.0 Å². The number of benzene rings is 2. The molecule has 0 radical (unpaired) electrons. The standard InChI is InChI=1S/C22H27N3O2/c1-14(2)17-6-8-18(9-7-17)23-22(27)24-19-12-21(26)25(13-19)20-10-5-15(3)16(4)11-20/h5-11,14,19H,12-13H2,1-4H3,(H2,23,24,27)/t19-/m0/s1. The molecule has 1 aliphatic rings. The zero-order valence-corrected chi connectivity index (χ0v) is 16.4. The van der Waals surface area contributed by atoms with E-state index in [4.69, 9.17) is 0 Å². The summed E-state index contributed by atoms with van der Waals surface area (Å²) in [5.41, 5.74) is 5.21. The first-order valence-electron chi connectivity index (χ1n) is 9.38. The molecule has 142 valence electrons. The van der Waals surface area contributed by atoms with E-state index in [9.17, 15) is 9.59 Å². The fraction of sp³-hybridized carbons (Fsp3) is 0.364. The van der Waals surface area contributed by atoms with Crippen LogP contribution >= 0.6 is 0 Å². The maximum atomic E-state index is 12.4. The van der Waals surface area contributed by atoms with Gasteiger partial charge in [0.1, 0.15) is 0 Å². The molecule has 27 heavy (non-hydrogen) atoms. The Hall–Kier alpha value is -2.82. The van der Waals surface area contributed by atoms with Crippen LogP contribution < -0.4 is 15.5 Å². The number of nitrogens with zero attached hydrogens (tertiary/aromatic N) is 1. The molecule has 1 fully saturated rings. The Balaban J connectivity index is 1.58. The topological polar surface area (TPSA) is 61.4 Å². The summed E-state index contributed by atoms with van der Waals surface area (Å²) in [4.78, 5) is 26.4. The third kappa shape index (κ3) is 4.48. The van der Waals surface area contributed by atoms with Crippen LogP contribution in [-0.2, 0) is 4.79 Å². The van der Waals surface area contributed by atoms with Crippen LogP contribution in [0.2, 0.25) is 0 Å². The molecule has 1 aliphatic heterocycles. The van der Waals surface area contributed by atoms with Crippen molar-refractivity contribution in [2.24, 2.45) is 0 Å². The number of hydrogen-bond acceptors (Lipinski definition) is 2. The van der Waals surface area contributed by atoms with Crippen molar-refractivity contribution in [3.05, 3.63) is 59.2 Å². The number of hydrogen-bond donors (Lipinski definition) is 2. The fourth-order valence-corrected chi connectivity index (χ4v) is 3.25. The summed E-state index contributed by atoms with van der Waals surface area (Å²) in [6, 6.07) is 13.3. The van der Waals surface area contributed by atoms with E-state index in [1.54, 1.807) is 4.90 Å². The lowest BCUT2D eigenvalue weighted by atomic mass is 10.0. The predicted octanol–water partition coefficient (Wildman–Crippen LogP) is 4.35. The molecule has 1 heterocycles. The number of aryl methyl sites for hydroxylation is 2. The summed E-state index contributed by atoms with van der Waals surface area (Å²) in [6.45, 7) is 8.84. The third-order valence-electron chi connectivity index (χ3n) is 5.10. The SMILES string of the molecule is Cc1ccc(N2C[C@@H](NC(=O)Nc3ccc(C(C)C)cc3)CC2=O)cc1C. The van der Waals surface area contributed by atoms with Gasteiger partial charge in [-0.25, -0.2) is 4.79 Å². The van der Waals surface area contributed by atoms with Gasteiger partial charge >= 0.3 is 6.03 Å². The second-order valence-corrected chi connectivity index (χ2v) is 7.55. The average molecular weight is 365 g/mol. The molecule has 2 aromatic carbocycles. The van der Waals surface area contributed by atoms with Crippen LogP contribution in [0.5, 0.6) is 0 Å². The van der Waals surface area contributed by atoms with Crippen molar-refractivity contribution in [1.29, 1.82) is 0 Å². The number of carbonyl (C=O) groups excluding carboxylic acids is 2. The highest BCUT2D eigenvalue weighted by Gasteiger charge is 2.31. The van der Waals surface area contributed by atoms with Gasteiger partial charge in [-0.2, -0.15) is 0 Å². The van der Waals surface area contributed by atoms with Crippen molar-refractivity contribution in [2.75, 3.05) is 16.8 Å². The van der Waals surface area contributed by atoms with Crippen molar-refractivity contribution >= 4 is 23.3 Å². The van der Waals surface area contributed by atoms with Crippen LogP contribution in [0, 0.1) is 13.8 Å². The van der Waals surface area contributed by atoms with Crippen molar-refractivity contribution in [3.63, 3.8) is 0 Å². The van der Waals surface area contributed by atoms with Crippen LogP contribution in [0.25, 0.3) is 0 Å². The van der Waals surface area contributed by atoms with E-state index < -0.39 is 0 Å². The monoisotopic (exact) mass is 365 g/mol. The van der Waals surface area contributed by atoms with Gasteiger partial charge in [0.2, 0.25) is 5.91 Å². The highest BCUT2D eigenvalue weighted by molar-refractivity contribution is 5.97. The highest BCUT2D eigenvalue weighted by Crippen LogP contribution is 2.24. The maximum Gasteiger partial charge on any atom is 0.319 e. The number of anilines is 2. The number of carbonyl (C=O) groups is 2. The Morgan fingerprint density at radius 3 is 2.41 bits per heavy atom. The summed E-state index contributed by atoms with van der Waals surface area (Å²) in [5, 5.41) is 5.75. The summed E-state index contributed by atoms with van der Waals surface area (Å²) < 4.78 is 0. The van der Waals surface area contributed by atoms with Crippen molar-refractivity contribution in [1.82, 2.24) is 5.32 Å². The largest absolute Gasteiger partial charge is 0.333 e. The van der Waals surface area contributed by atoms with Gasteiger partial charge in [-0.1, -0.05) is 32.0 Å². The number of nitrogens with one attached hydrogen (secondary N) is 2. The molecule has 0 aromatic heterocycles. The van der Waals surface area contributed by atoms with E-state index in [1.165, 1.54) is 11.1 Å². The van der Waals surface area contributed by atoms with Gasteiger partial charge in [-0.05, 0) is 60.7 Å². The Morgan fingerprint density at radius 1 is 1.07 bits per heavy atom. The molecule has 2 N–H and O–H groups in total. The van der Waals surface area contributed by atoms with Crippen molar-refractivity contribution in [3.8, 4) is 0 Å². The molecule has 3 amide bonds. The Kier molecular flexibility index (Phi) is 5.49. The van der Waals surface area contributed by atoms with E-state index in [2.05, 4.69) is 24.5 Å². The second kappa shape index (κ2) is 7.82. The predicted molar refractivity (Wildman–Crippen MR) is 109 cm³/mol. The zero-order valence-electron chi connectivity index (χ0n) is 16.4. The summed E-state index contributed by atoms with van der Waals surface area (Å²) in [7, 11) is 0. The lowest BCUT2D eigenvalue weighted by Gasteiger charge is -2.18. The highest BCUT2D eigenvalue weighted by atomic mass is 16.2. The van der Waals surface area contributed by atoms with E-state index >= 15 is 0 Å². The first-order chi connectivity index (χ1) is 12.8. The maximum absolute atomic E-state index is 12.4. The Bertz CT molecular complexity index is 843. The van der Waals surface area contributed by atoms with E-state index in [0.717, 1.165) is 16.9 Å². The molecular weight excluding hydrogens is 338 g/mol. The fourth-order valence-electron chi connectivity index (χ4n) is 3.25. The van der Waals surface area contributed by atoms with Crippen LogP contribution in [0.4, 0.5) is 16.2 Å². The number of rotatable bonds is 4. The molecule has 0 bridgehead atoms. The molecule has 1 saturated heterocycles. The van der Waals surface area contributed by atoms with Gasteiger partial charge in [-0.3, -0.25) is 4.79 Å². The number of amides is 3. The summed E-state index contributed by atoms with van der Waals surface area (Å²) in [5.74, 6) is 0.485. The first-order valence-corrected chi connectivity index (χ1v) is 9.38. The summed E-state index contributed by atoms with van der Waals surface area (Å²) >= 11 is 0. The van der Waals surface area contributed by atoms with Gasteiger partial charge in [0.05, 0.1) is 6.04 Å². The van der Waals surface area contributed by atoms with Gasteiger partial charge in [-0.15, -0.1) is 0 Å². The second-order valence-electron chi connectivity index (χ2n) is 7.55. The first kappa shape index (κ1) is 19.0. The van der Waals surface area contributed by atoms with Crippen LogP contribution in [0.1, 0.15) is 42.9 Å². The van der Waals surface area contributed by atoms with Gasteiger partial charge in [0, 0.05) is 24.3 Å². The molecule has 3 rings (SSSR count). The number of urea groups is 1. The molecule has 1 atom stereocenters. The van der Waals surface area contributed by atoms with Crippen LogP contribution in [0.3, 0.4) is 0 Å². The minimum Gasteiger partial charge on any atom is -0.333 e. The van der Waals surface area contributed by atoms with Gasteiger partial charge in [0.15, 0.2) is 0 Å². The zero-order chi connectivity index (χ0) is 19.6. The van der Waals surface area contributed by atoms with E-state index in [0.29, 0.717) is 18.9 Å². The third-order valence-corrected chi connectivity index (χ3v) is 5.10. The molecular formula is C22H27N3O2. The minimum atomic E-state index is -0.285. The molecule has 0 spiro atoms. The molecule has 0 aliphatic carbocycles.